The van der Waals surface area contributed by atoms with Crippen LogP contribution in [0.5, 0.6) is 0 Å². The fraction of sp³-hybridized carbons (Fsp3) is 0.923. The van der Waals surface area contributed by atoms with Crippen molar-refractivity contribution in [1.29, 1.82) is 0 Å². The molecule has 0 aliphatic carbocycles. The summed E-state index contributed by atoms with van der Waals surface area (Å²) in [6.07, 6.45) is 5.19. The summed E-state index contributed by atoms with van der Waals surface area (Å²) in [4.78, 5) is 6.82. The minimum atomic E-state index is 0. The summed E-state index contributed by atoms with van der Waals surface area (Å²) < 4.78 is 0. The van der Waals surface area contributed by atoms with Gasteiger partial charge in [-0.2, -0.15) is 0 Å². The Hall–Kier alpha value is -0.0400. The van der Waals surface area contributed by atoms with E-state index in [2.05, 4.69) is 29.1 Å². The Morgan fingerprint density at radius 1 is 1.28 bits per heavy atom. The summed E-state index contributed by atoms with van der Waals surface area (Å²) >= 11 is 0. The third kappa shape index (κ3) is 8.97. The standard InChI is InChI=1S/C13H28N4.HI/c1-12(2)11-16-13(14)15-7-3-4-8-17-9-5-6-10-17;/h12H,3-11H2,1-2H3,(H3,14,15,16);1H. The van der Waals surface area contributed by atoms with Gasteiger partial charge in [0.2, 0.25) is 0 Å². The summed E-state index contributed by atoms with van der Waals surface area (Å²) in [5, 5.41) is 3.17. The maximum absolute atomic E-state index is 5.75. The Kier molecular flexibility index (Phi) is 10.8. The Bertz CT molecular complexity index is 225. The minimum Gasteiger partial charge on any atom is -0.370 e. The van der Waals surface area contributed by atoms with Gasteiger partial charge in [0.25, 0.3) is 0 Å². The molecular weight excluding hydrogens is 339 g/mol. The molecule has 108 valence electrons. The number of nitrogens with two attached hydrogens (primary N) is 1. The van der Waals surface area contributed by atoms with Crippen LogP contribution >= 0.6 is 24.0 Å². The fourth-order valence-corrected chi connectivity index (χ4v) is 2.02. The topological polar surface area (TPSA) is 53.6 Å². The van der Waals surface area contributed by atoms with Gasteiger partial charge in [-0.25, -0.2) is 0 Å². The van der Waals surface area contributed by atoms with Gasteiger partial charge in [0.05, 0.1) is 0 Å². The van der Waals surface area contributed by atoms with Gasteiger partial charge >= 0.3 is 0 Å². The second-order valence-corrected chi connectivity index (χ2v) is 5.30. The van der Waals surface area contributed by atoms with Crippen molar-refractivity contribution in [3.63, 3.8) is 0 Å². The average molecular weight is 368 g/mol. The molecule has 0 amide bonds. The molecule has 18 heavy (non-hydrogen) atoms. The molecule has 1 heterocycles. The second kappa shape index (κ2) is 10.8. The molecule has 0 unspecified atom stereocenters. The fourth-order valence-electron chi connectivity index (χ4n) is 2.02. The predicted molar refractivity (Wildman–Crippen MR) is 89.7 cm³/mol. The summed E-state index contributed by atoms with van der Waals surface area (Å²) in [5.74, 6) is 1.17. The Labute approximate surface area is 129 Å². The van der Waals surface area contributed by atoms with Gasteiger partial charge in [0.1, 0.15) is 0 Å². The van der Waals surface area contributed by atoms with Gasteiger partial charge in [-0.1, -0.05) is 13.8 Å². The van der Waals surface area contributed by atoms with E-state index in [0.717, 1.165) is 13.1 Å². The van der Waals surface area contributed by atoms with E-state index in [0.29, 0.717) is 11.9 Å². The zero-order chi connectivity index (χ0) is 12.5. The van der Waals surface area contributed by atoms with Crippen LogP contribution in [0.4, 0.5) is 0 Å². The Morgan fingerprint density at radius 3 is 2.56 bits per heavy atom. The van der Waals surface area contributed by atoms with Crippen LogP contribution in [0.1, 0.15) is 39.5 Å². The summed E-state index contributed by atoms with van der Waals surface area (Å²) in [6, 6.07) is 0. The van der Waals surface area contributed by atoms with Gasteiger partial charge in [0.15, 0.2) is 5.96 Å². The second-order valence-electron chi connectivity index (χ2n) is 5.30. The lowest BCUT2D eigenvalue weighted by molar-refractivity contribution is 0.330. The lowest BCUT2D eigenvalue weighted by atomic mass is 10.2. The van der Waals surface area contributed by atoms with E-state index in [1.54, 1.807) is 0 Å². The third-order valence-electron chi connectivity index (χ3n) is 3.03. The zero-order valence-electron chi connectivity index (χ0n) is 11.8. The number of hydrogen-bond acceptors (Lipinski definition) is 2. The van der Waals surface area contributed by atoms with Gasteiger partial charge < -0.3 is 16.0 Å². The molecule has 0 bridgehead atoms. The smallest absolute Gasteiger partial charge is 0.188 e. The zero-order valence-corrected chi connectivity index (χ0v) is 14.2. The van der Waals surface area contributed by atoms with E-state index in [1.165, 1.54) is 45.3 Å². The number of aliphatic imine (C=N–C) groups is 1. The molecule has 0 aromatic heterocycles. The summed E-state index contributed by atoms with van der Waals surface area (Å²) in [6.45, 7) is 9.88. The molecule has 0 aromatic rings. The van der Waals surface area contributed by atoms with E-state index >= 15 is 0 Å². The highest BCUT2D eigenvalue weighted by Gasteiger charge is 2.09. The van der Waals surface area contributed by atoms with E-state index in [1.807, 2.05) is 0 Å². The van der Waals surface area contributed by atoms with Crippen LogP contribution in [0.3, 0.4) is 0 Å². The lowest BCUT2D eigenvalue weighted by Gasteiger charge is -2.14. The largest absolute Gasteiger partial charge is 0.370 e. The van der Waals surface area contributed by atoms with Crippen molar-refractivity contribution >= 4 is 29.9 Å². The normalized spacial score (nSPS) is 16.9. The molecule has 1 fully saturated rings. The molecule has 1 aliphatic heterocycles. The molecular formula is C13H29IN4. The molecule has 0 atom stereocenters. The van der Waals surface area contributed by atoms with Crippen molar-refractivity contribution in [3.05, 3.63) is 0 Å². The first-order valence-electron chi connectivity index (χ1n) is 6.94. The van der Waals surface area contributed by atoms with Crippen molar-refractivity contribution in [2.24, 2.45) is 16.6 Å². The van der Waals surface area contributed by atoms with Crippen LogP contribution in [-0.2, 0) is 0 Å². The number of rotatable bonds is 7. The van der Waals surface area contributed by atoms with Crippen LogP contribution in [0, 0.1) is 5.92 Å². The maximum Gasteiger partial charge on any atom is 0.188 e. The molecule has 0 spiro atoms. The number of hydrogen-bond donors (Lipinski definition) is 2. The Balaban J connectivity index is 0.00000289. The molecule has 5 heteroatoms. The van der Waals surface area contributed by atoms with Crippen molar-refractivity contribution < 1.29 is 0 Å². The third-order valence-corrected chi connectivity index (χ3v) is 3.03. The van der Waals surface area contributed by atoms with E-state index in [4.69, 9.17) is 5.73 Å². The van der Waals surface area contributed by atoms with Crippen LogP contribution in [0.2, 0.25) is 0 Å². The van der Waals surface area contributed by atoms with Gasteiger partial charge in [0, 0.05) is 13.1 Å². The molecule has 3 N–H and O–H groups in total. The lowest BCUT2D eigenvalue weighted by Crippen LogP contribution is -2.33. The summed E-state index contributed by atoms with van der Waals surface area (Å²) in [7, 11) is 0. The molecule has 1 aliphatic rings. The quantitative estimate of drug-likeness (QED) is 0.313. The maximum atomic E-state index is 5.75. The van der Waals surface area contributed by atoms with Crippen LogP contribution in [-0.4, -0.2) is 43.6 Å². The number of nitrogens with zero attached hydrogens (tertiary/aromatic N) is 2. The van der Waals surface area contributed by atoms with Gasteiger partial charge in [-0.05, 0) is 51.2 Å². The van der Waals surface area contributed by atoms with Crippen molar-refractivity contribution in [3.8, 4) is 0 Å². The number of nitrogens with one attached hydrogen (secondary N) is 1. The first-order chi connectivity index (χ1) is 8.18. The van der Waals surface area contributed by atoms with Crippen molar-refractivity contribution in [2.45, 2.75) is 39.5 Å². The molecule has 0 saturated carbocycles. The van der Waals surface area contributed by atoms with Crippen LogP contribution in [0.25, 0.3) is 0 Å². The summed E-state index contributed by atoms with van der Waals surface area (Å²) in [5.41, 5.74) is 5.75. The highest BCUT2D eigenvalue weighted by molar-refractivity contribution is 14.0. The van der Waals surface area contributed by atoms with Crippen molar-refractivity contribution in [1.82, 2.24) is 10.2 Å². The predicted octanol–water partition coefficient (Wildman–Crippen LogP) is 2.04. The first-order valence-corrected chi connectivity index (χ1v) is 6.94. The number of guanidine groups is 1. The van der Waals surface area contributed by atoms with Crippen molar-refractivity contribution in [2.75, 3.05) is 32.7 Å². The monoisotopic (exact) mass is 368 g/mol. The average Bonchev–Trinajstić information content (AvgIpc) is 2.79. The van der Waals surface area contributed by atoms with Crippen LogP contribution in [0.15, 0.2) is 4.99 Å². The molecule has 0 radical (unpaired) electrons. The van der Waals surface area contributed by atoms with Gasteiger partial charge in [-0.3, -0.25) is 4.99 Å². The van der Waals surface area contributed by atoms with E-state index < -0.39 is 0 Å². The minimum absolute atomic E-state index is 0. The molecule has 1 saturated heterocycles. The van der Waals surface area contributed by atoms with E-state index in [9.17, 15) is 0 Å². The number of likely N-dealkylation sites (tertiary alicyclic amines) is 1. The van der Waals surface area contributed by atoms with Gasteiger partial charge in [-0.15, -0.1) is 24.0 Å². The number of unbranched alkanes of at least 4 members (excludes halogenated alkanes) is 1. The molecule has 1 rings (SSSR count). The first kappa shape index (κ1) is 18.0. The van der Waals surface area contributed by atoms with Crippen LogP contribution < -0.4 is 11.1 Å². The SMILES string of the molecule is CC(C)CN=C(N)NCCCCN1CCCC1.I. The Morgan fingerprint density at radius 2 is 1.94 bits per heavy atom. The highest BCUT2D eigenvalue weighted by atomic mass is 127. The van der Waals surface area contributed by atoms with E-state index in [-0.39, 0.29) is 24.0 Å². The number of halogens is 1. The molecule has 4 nitrogen and oxygen atoms in total. The highest BCUT2D eigenvalue weighted by Crippen LogP contribution is 2.07. The molecule has 0 aromatic carbocycles.